The highest BCUT2D eigenvalue weighted by molar-refractivity contribution is 5.78. The van der Waals surface area contributed by atoms with Crippen LogP contribution in [0.4, 0.5) is 0 Å². The van der Waals surface area contributed by atoms with Crippen LogP contribution in [0.5, 0.6) is 0 Å². The molecule has 2 aliphatic carbocycles. The quantitative estimate of drug-likeness (QED) is 0.813. The first-order valence-electron chi connectivity index (χ1n) is 8.85. The summed E-state index contributed by atoms with van der Waals surface area (Å²) in [5.41, 5.74) is 1.39. The third-order valence-corrected chi connectivity index (χ3v) is 5.01. The van der Waals surface area contributed by atoms with Gasteiger partial charge in [-0.15, -0.1) is 0 Å². The van der Waals surface area contributed by atoms with Crippen molar-refractivity contribution < 1.29 is 4.79 Å². The minimum absolute atomic E-state index is 0.172. The van der Waals surface area contributed by atoms with E-state index < -0.39 is 0 Å². The summed E-state index contributed by atoms with van der Waals surface area (Å²) in [5.74, 6) is 1.59. The van der Waals surface area contributed by atoms with Crippen molar-refractivity contribution in [3.63, 3.8) is 0 Å². The lowest BCUT2D eigenvalue weighted by atomic mass is 9.80. The number of nitrogens with one attached hydrogen (secondary N) is 2. The molecular formula is C19H28N2O. The van der Waals surface area contributed by atoms with Gasteiger partial charge in [0.15, 0.2) is 0 Å². The van der Waals surface area contributed by atoms with Crippen LogP contribution < -0.4 is 10.6 Å². The molecule has 3 rings (SSSR count). The lowest BCUT2D eigenvalue weighted by Crippen LogP contribution is -2.46. The molecule has 1 aromatic carbocycles. The highest BCUT2D eigenvalue weighted by Crippen LogP contribution is 2.28. The number of hydrogen-bond donors (Lipinski definition) is 2. The Bertz CT molecular complexity index is 470. The summed E-state index contributed by atoms with van der Waals surface area (Å²) >= 11 is 0. The van der Waals surface area contributed by atoms with Gasteiger partial charge in [0.05, 0.1) is 6.54 Å². The van der Waals surface area contributed by atoms with E-state index in [0.29, 0.717) is 18.5 Å². The first-order valence-corrected chi connectivity index (χ1v) is 8.85. The Morgan fingerprint density at radius 1 is 1.05 bits per heavy atom. The van der Waals surface area contributed by atoms with Gasteiger partial charge in [-0.25, -0.2) is 0 Å². The van der Waals surface area contributed by atoms with Crippen molar-refractivity contribution in [2.45, 2.75) is 51.0 Å². The highest BCUT2D eigenvalue weighted by Gasteiger charge is 2.26. The van der Waals surface area contributed by atoms with Gasteiger partial charge in [-0.2, -0.15) is 0 Å². The van der Waals surface area contributed by atoms with Crippen molar-refractivity contribution in [3.05, 3.63) is 35.9 Å². The number of carbonyl (C=O) groups excluding carboxylic acids is 1. The average molecular weight is 300 g/mol. The number of amides is 1. The van der Waals surface area contributed by atoms with E-state index in [0.717, 1.165) is 25.3 Å². The van der Waals surface area contributed by atoms with Gasteiger partial charge in [-0.05, 0) is 56.0 Å². The van der Waals surface area contributed by atoms with Crippen LogP contribution in [0.15, 0.2) is 30.3 Å². The maximum atomic E-state index is 12.1. The van der Waals surface area contributed by atoms with E-state index in [1.54, 1.807) is 0 Å². The molecule has 0 spiro atoms. The topological polar surface area (TPSA) is 41.1 Å². The molecule has 1 aromatic rings. The Morgan fingerprint density at radius 2 is 1.82 bits per heavy atom. The minimum atomic E-state index is 0.172. The van der Waals surface area contributed by atoms with E-state index in [4.69, 9.17) is 0 Å². The Balaban J connectivity index is 1.47. The van der Waals surface area contributed by atoms with Gasteiger partial charge < -0.3 is 10.6 Å². The summed E-state index contributed by atoms with van der Waals surface area (Å²) in [6, 6.07) is 11.0. The van der Waals surface area contributed by atoms with Gasteiger partial charge in [0, 0.05) is 6.04 Å². The molecule has 0 radical (unpaired) electrons. The van der Waals surface area contributed by atoms with E-state index in [-0.39, 0.29) is 5.91 Å². The second kappa shape index (κ2) is 7.77. The maximum Gasteiger partial charge on any atom is 0.234 e. The molecule has 0 saturated heterocycles. The third kappa shape index (κ3) is 4.84. The molecule has 0 aromatic heterocycles. The van der Waals surface area contributed by atoms with Crippen molar-refractivity contribution in [1.82, 2.24) is 10.6 Å². The second-order valence-corrected chi connectivity index (χ2v) is 6.98. The van der Waals surface area contributed by atoms with Gasteiger partial charge >= 0.3 is 0 Å². The predicted molar refractivity (Wildman–Crippen MR) is 89.6 cm³/mol. The summed E-state index contributed by atoms with van der Waals surface area (Å²) in [6.07, 6.45) is 8.64. The number of benzene rings is 1. The fourth-order valence-corrected chi connectivity index (χ4v) is 3.53. The lowest BCUT2D eigenvalue weighted by molar-refractivity contribution is -0.121. The average Bonchev–Trinajstić information content (AvgIpc) is 3.35. The van der Waals surface area contributed by atoms with Crippen LogP contribution >= 0.6 is 0 Å². The van der Waals surface area contributed by atoms with E-state index in [2.05, 4.69) is 41.0 Å². The van der Waals surface area contributed by atoms with Crippen LogP contribution in [-0.4, -0.2) is 25.0 Å². The molecule has 22 heavy (non-hydrogen) atoms. The van der Waals surface area contributed by atoms with Gasteiger partial charge in [0.25, 0.3) is 0 Å². The zero-order chi connectivity index (χ0) is 15.2. The van der Waals surface area contributed by atoms with Crippen molar-refractivity contribution in [2.75, 3.05) is 13.1 Å². The fraction of sp³-hybridized carbons (Fsp3) is 0.632. The molecule has 2 atom stereocenters. The molecule has 2 N–H and O–H groups in total. The van der Waals surface area contributed by atoms with Crippen molar-refractivity contribution in [1.29, 1.82) is 0 Å². The predicted octanol–water partition coefficient (Wildman–Crippen LogP) is 2.90. The number of carbonyl (C=O) groups is 1. The number of hydrogen-bond acceptors (Lipinski definition) is 2. The fourth-order valence-electron chi connectivity index (χ4n) is 3.53. The molecule has 120 valence electrons. The Labute approximate surface area is 133 Å². The van der Waals surface area contributed by atoms with Crippen LogP contribution in [0.25, 0.3) is 0 Å². The van der Waals surface area contributed by atoms with Crippen molar-refractivity contribution in [2.24, 2.45) is 11.8 Å². The van der Waals surface area contributed by atoms with Crippen LogP contribution in [0.2, 0.25) is 0 Å². The monoisotopic (exact) mass is 300 g/mol. The summed E-state index contributed by atoms with van der Waals surface area (Å²) in [6.45, 7) is 1.48. The van der Waals surface area contributed by atoms with E-state index in [9.17, 15) is 4.79 Å². The standard InChI is InChI=1S/C19H28N2O/c22-19(14-20-13-16-10-11-16)21-18-9-5-4-8-17(18)12-15-6-2-1-3-7-15/h1-3,6-7,16-18,20H,4-5,8-14H2,(H,21,22). The molecule has 1 amide bonds. The van der Waals surface area contributed by atoms with E-state index in [1.807, 2.05) is 0 Å². The maximum absolute atomic E-state index is 12.1. The Kier molecular flexibility index (Phi) is 5.49. The summed E-state index contributed by atoms with van der Waals surface area (Å²) in [7, 11) is 0. The van der Waals surface area contributed by atoms with Gasteiger partial charge in [0.2, 0.25) is 5.91 Å². The molecule has 0 bridgehead atoms. The summed E-state index contributed by atoms with van der Waals surface area (Å²) < 4.78 is 0. The summed E-state index contributed by atoms with van der Waals surface area (Å²) in [5, 5.41) is 6.57. The van der Waals surface area contributed by atoms with Crippen LogP contribution in [0, 0.1) is 11.8 Å². The molecule has 0 aliphatic heterocycles. The van der Waals surface area contributed by atoms with Gasteiger partial charge in [0.1, 0.15) is 0 Å². The molecule has 2 unspecified atom stereocenters. The van der Waals surface area contributed by atoms with Gasteiger partial charge in [-0.1, -0.05) is 43.2 Å². The molecule has 3 nitrogen and oxygen atoms in total. The molecule has 2 saturated carbocycles. The SMILES string of the molecule is O=C(CNCC1CC1)NC1CCCCC1Cc1ccccc1. The highest BCUT2D eigenvalue weighted by atomic mass is 16.1. The molecule has 3 heteroatoms. The normalized spacial score (nSPS) is 24.9. The Morgan fingerprint density at radius 3 is 2.59 bits per heavy atom. The lowest BCUT2D eigenvalue weighted by Gasteiger charge is -2.32. The van der Waals surface area contributed by atoms with Crippen molar-refractivity contribution in [3.8, 4) is 0 Å². The smallest absolute Gasteiger partial charge is 0.234 e. The largest absolute Gasteiger partial charge is 0.352 e. The van der Waals surface area contributed by atoms with Crippen molar-refractivity contribution >= 4 is 5.91 Å². The van der Waals surface area contributed by atoms with Crippen LogP contribution in [0.3, 0.4) is 0 Å². The minimum Gasteiger partial charge on any atom is -0.352 e. The Hall–Kier alpha value is -1.35. The van der Waals surface area contributed by atoms with Crippen LogP contribution in [0.1, 0.15) is 44.1 Å². The first-order chi connectivity index (χ1) is 10.8. The third-order valence-electron chi connectivity index (χ3n) is 5.01. The summed E-state index contributed by atoms with van der Waals surface area (Å²) in [4.78, 5) is 12.1. The van der Waals surface area contributed by atoms with Gasteiger partial charge in [-0.3, -0.25) is 4.79 Å². The van der Waals surface area contributed by atoms with E-state index >= 15 is 0 Å². The molecule has 2 aliphatic rings. The molecule has 2 fully saturated rings. The second-order valence-electron chi connectivity index (χ2n) is 6.98. The number of rotatable bonds is 7. The zero-order valence-electron chi connectivity index (χ0n) is 13.4. The first kappa shape index (κ1) is 15.5. The van der Waals surface area contributed by atoms with E-state index in [1.165, 1.54) is 37.7 Å². The molecule has 0 heterocycles. The van der Waals surface area contributed by atoms with Crippen LogP contribution in [-0.2, 0) is 11.2 Å². The molecular weight excluding hydrogens is 272 g/mol. The zero-order valence-corrected chi connectivity index (χ0v) is 13.4.